The molecule has 110 valence electrons. The fourth-order valence-electron chi connectivity index (χ4n) is 1.92. The van der Waals surface area contributed by atoms with Crippen molar-refractivity contribution in [2.45, 2.75) is 20.3 Å². The van der Waals surface area contributed by atoms with Crippen molar-refractivity contribution in [3.63, 3.8) is 0 Å². The molecule has 2 rings (SSSR count). The van der Waals surface area contributed by atoms with Crippen molar-refractivity contribution in [2.24, 2.45) is 0 Å². The monoisotopic (exact) mass is 290 g/mol. The van der Waals surface area contributed by atoms with Gasteiger partial charge >= 0.3 is 0 Å². The van der Waals surface area contributed by atoms with Crippen LogP contribution in [0, 0.1) is 18.6 Å². The summed E-state index contributed by atoms with van der Waals surface area (Å²) >= 11 is 0. The first-order valence-electron chi connectivity index (χ1n) is 6.76. The summed E-state index contributed by atoms with van der Waals surface area (Å²) in [5.74, 6) is -2.12. The lowest BCUT2D eigenvalue weighted by Gasteiger charge is -2.08. The maximum Gasteiger partial charge on any atom is 0.196 e. The fourth-order valence-corrected chi connectivity index (χ4v) is 1.92. The molecule has 0 spiro atoms. The number of benzene rings is 2. The van der Waals surface area contributed by atoms with E-state index in [0.29, 0.717) is 12.4 Å². The minimum absolute atomic E-state index is 0.170. The molecule has 2 aromatic rings. The Bertz CT molecular complexity index is 666. The standard InChI is InChI=1S/C17H16F2O2/c1-3-9-21-13-6-4-5-12(10-13)17(20)14-8-7-11(2)15(18)16(14)19/h4-8,10H,3,9H2,1-2H3. The summed E-state index contributed by atoms with van der Waals surface area (Å²) < 4.78 is 32.9. The zero-order valence-corrected chi connectivity index (χ0v) is 12.0. The summed E-state index contributed by atoms with van der Waals surface area (Å²) in [6.45, 7) is 3.95. The van der Waals surface area contributed by atoms with Crippen LogP contribution in [0.5, 0.6) is 5.75 Å². The average molecular weight is 290 g/mol. The van der Waals surface area contributed by atoms with Crippen LogP contribution in [-0.2, 0) is 0 Å². The van der Waals surface area contributed by atoms with E-state index < -0.39 is 17.4 Å². The Morgan fingerprint density at radius 1 is 1.14 bits per heavy atom. The van der Waals surface area contributed by atoms with Gasteiger partial charge in [-0.05, 0) is 37.1 Å². The maximum absolute atomic E-state index is 13.9. The molecule has 4 heteroatoms. The van der Waals surface area contributed by atoms with Gasteiger partial charge in [0.15, 0.2) is 17.4 Å². The molecule has 0 fully saturated rings. The zero-order valence-electron chi connectivity index (χ0n) is 12.0. The first-order chi connectivity index (χ1) is 10.0. The van der Waals surface area contributed by atoms with Crippen LogP contribution in [0.1, 0.15) is 34.8 Å². The molecule has 0 aliphatic heterocycles. The average Bonchev–Trinajstić information content (AvgIpc) is 2.50. The molecule has 0 aliphatic rings. The third-order valence-electron chi connectivity index (χ3n) is 3.09. The van der Waals surface area contributed by atoms with Crippen molar-refractivity contribution in [3.05, 3.63) is 64.7 Å². The Labute approximate surface area is 122 Å². The van der Waals surface area contributed by atoms with Gasteiger partial charge in [-0.2, -0.15) is 0 Å². The van der Waals surface area contributed by atoms with E-state index in [0.717, 1.165) is 6.42 Å². The first-order valence-corrected chi connectivity index (χ1v) is 6.76. The van der Waals surface area contributed by atoms with Crippen LogP contribution in [0.3, 0.4) is 0 Å². The largest absolute Gasteiger partial charge is 0.494 e. The zero-order chi connectivity index (χ0) is 15.4. The van der Waals surface area contributed by atoms with Crippen LogP contribution in [0.15, 0.2) is 36.4 Å². The lowest BCUT2D eigenvalue weighted by atomic mass is 10.0. The summed E-state index contributed by atoms with van der Waals surface area (Å²) in [5, 5.41) is 0. The van der Waals surface area contributed by atoms with Crippen molar-refractivity contribution in [1.82, 2.24) is 0 Å². The molecular weight excluding hydrogens is 274 g/mol. The highest BCUT2D eigenvalue weighted by Crippen LogP contribution is 2.21. The van der Waals surface area contributed by atoms with Gasteiger partial charge in [-0.3, -0.25) is 4.79 Å². The highest BCUT2D eigenvalue weighted by molar-refractivity contribution is 6.09. The van der Waals surface area contributed by atoms with Crippen LogP contribution in [0.4, 0.5) is 8.78 Å². The maximum atomic E-state index is 13.9. The van der Waals surface area contributed by atoms with Gasteiger partial charge in [0.05, 0.1) is 12.2 Å². The number of halogens is 2. The minimum atomic E-state index is -1.11. The fraction of sp³-hybridized carbons (Fsp3) is 0.235. The van der Waals surface area contributed by atoms with Crippen molar-refractivity contribution in [2.75, 3.05) is 6.61 Å². The molecule has 0 unspecified atom stereocenters. The van der Waals surface area contributed by atoms with Crippen LogP contribution < -0.4 is 4.74 Å². The van der Waals surface area contributed by atoms with E-state index in [1.165, 1.54) is 25.1 Å². The Kier molecular flexibility index (Phi) is 4.68. The van der Waals surface area contributed by atoms with Gasteiger partial charge in [0.1, 0.15) is 5.75 Å². The summed E-state index contributed by atoms with van der Waals surface area (Å²) in [7, 11) is 0. The molecule has 0 heterocycles. The molecule has 0 saturated carbocycles. The number of ketones is 1. The van der Waals surface area contributed by atoms with Crippen molar-refractivity contribution in [1.29, 1.82) is 0 Å². The van der Waals surface area contributed by atoms with E-state index in [1.807, 2.05) is 6.92 Å². The number of carbonyl (C=O) groups is 1. The van der Waals surface area contributed by atoms with E-state index in [9.17, 15) is 13.6 Å². The molecule has 0 N–H and O–H groups in total. The normalized spacial score (nSPS) is 10.5. The van der Waals surface area contributed by atoms with E-state index in [4.69, 9.17) is 4.74 Å². The van der Waals surface area contributed by atoms with E-state index in [1.54, 1.807) is 18.2 Å². The lowest BCUT2D eigenvalue weighted by Crippen LogP contribution is -2.07. The van der Waals surface area contributed by atoms with Crippen LogP contribution >= 0.6 is 0 Å². The molecule has 0 saturated heterocycles. The predicted octanol–water partition coefficient (Wildman–Crippen LogP) is 4.29. The number of hydrogen-bond acceptors (Lipinski definition) is 2. The Morgan fingerprint density at radius 3 is 2.62 bits per heavy atom. The predicted molar refractivity (Wildman–Crippen MR) is 76.8 cm³/mol. The van der Waals surface area contributed by atoms with Crippen molar-refractivity contribution in [3.8, 4) is 5.75 Å². The molecule has 0 aromatic heterocycles. The van der Waals surface area contributed by atoms with Gasteiger partial charge in [-0.25, -0.2) is 8.78 Å². The number of carbonyl (C=O) groups excluding carboxylic acids is 1. The second-order valence-electron chi connectivity index (χ2n) is 4.76. The van der Waals surface area contributed by atoms with E-state index in [2.05, 4.69) is 0 Å². The first kappa shape index (κ1) is 15.2. The van der Waals surface area contributed by atoms with Gasteiger partial charge in [0.25, 0.3) is 0 Å². The van der Waals surface area contributed by atoms with E-state index >= 15 is 0 Å². The van der Waals surface area contributed by atoms with Crippen LogP contribution in [0.2, 0.25) is 0 Å². The third kappa shape index (κ3) is 3.27. The number of ether oxygens (including phenoxy) is 1. The molecular formula is C17H16F2O2. The number of aryl methyl sites for hydroxylation is 1. The number of rotatable bonds is 5. The molecule has 21 heavy (non-hydrogen) atoms. The molecule has 0 bridgehead atoms. The Hall–Kier alpha value is -2.23. The highest BCUT2D eigenvalue weighted by atomic mass is 19.2. The third-order valence-corrected chi connectivity index (χ3v) is 3.09. The van der Waals surface area contributed by atoms with Gasteiger partial charge in [-0.1, -0.05) is 25.1 Å². The second kappa shape index (κ2) is 6.48. The lowest BCUT2D eigenvalue weighted by molar-refractivity contribution is 0.103. The Morgan fingerprint density at radius 2 is 1.90 bits per heavy atom. The molecule has 2 nitrogen and oxygen atoms in total. The smallest absolute Gasteiger partial charge is 0.196 e. The van der Waals surface area contributed by atoms with Crippen molar-refractivity contribution >= 4 is 5.78 Å². The van der Waals surface area contributed by atoms with Gasteiger partial charge in [-0.15, -0.1) is 0 Å². The summed E-state index contributed by atoms with van der Waals surface area (Å²) in [5.41, 5.74) is 0.167. The summed E-state index contributed by atoms with van der Waals surface area (Å²) in [4.78, 5) is 12.3. The molecule has 0 atom stereocenters. The SMILES string of the molecule is CCCOc1cccc(C(=O)c2ccc(C)c(F)c2F)c1. The molecule has 0 aliphatic carbocycles. The van der Waals surface area contributed by atoms with Crippen molar-refractivity contribution < 1.29 is 18.3 Å². The van der Waals surface area contributed by atoms with Gasteiger partial charge in [0, 0.05) is 5.56 Å². The minimum Gasteiger partial charge on any atom is -0.494 e. The molecule has 2 aromatic carbocycles. The topological polar surface area (TPSA) is 26.3 Å². The van der Waals surface area contributed by atoms with Gasteiger partial charge < -0.3 is 4.74 Å². The Balaban J connectivity index is 2.34. The molecule has 0 radical (unpaired) electrons. The quantitative estimate of drug-likeness (QED) is 0.768. The van der Waals surface area contributed by atoms with Crippen LogP contribution in [-0.4, -0.2) is 12.4 Å². The van der Waals surface area contributed by atoms with Crippen LogP contribution in [0.25, 0.3) is 0 Å². The van der Waals surface area contributed by atoms with E-state index in [-0.39, 0.29) is 16.7 Å². The molecule has 0 amide bonds. The summed E-state index contributed by atoms with van der Waals surface area (Å²) in [6.07, 6.45) is 0.843. The number of hydrogen-bond donors (Lipinski definition) is 0. The van der Waals surface area contributed by atoms with Gasteiger partial charge in [0.2, 0.25) is 0 Å². The second-order valence-corrected chi connectivity index (χ2v) is 4.76. The highest BCUT2D eigenvalue weighted by Gasteiger charge is 2.18. The summed E-state index contributed by atoms with van der Waals surface area (Å²) in [6, 6.07) is 9.16.